The van der Waals surface area contributed by atoms with Crippen LogP contribution >= 0.6 is 12.6 Å². The molecule has 2 unspecified atom stereocenters. The third-order valence-electron chi connectivity index (χ3n) is 2.43. The minimum absolute atomic E-state index is 0.0470. The molecule has 6 heteroatoms. The smallest absolute Gasteiger partial charge is 0.175 e. The van der Waals surface area contributed by atoms with E-state index in [-0.39, 0.29) is 10.5 Å². The van der Waals surface area contributed by atoms with E-state index in [1.54, 1.807) is 12.1 Å². The first-order chi connectivity index (χ1) is 7.88. The molecule has 0 aliphatic heterocycles. The van der Waals surface area contributed by atoms with Crippen molar-refractivity contribution in [3.05, 3.63) is 29.8 Å². The topological polar surface area (TPSA) is 74.6 Å². The maximum Gasteiger partial charge on any atom is 0.175 e. The number of aliphatic hydroxyl groups excluding tert-OH is 2. The summed E-state index contributed by atoms with van der Waals surface area (Å²) >= 11 is 3.96. The molecule has 2 N–H and O–H groups in total. The Morgan fingerprint density at radius 1 is 1.29 bits per heavy atom. The first-order valence-corrected chi connectivity index (χ1v) is 7.66. The van der Waals surface area contributed by atoms with E-state index < -0.39 is 22.0 Å². The van der Waals surface area contributed by atoms with E-state index in [0.29, 0.717) is 12.2 Å². The lowest BCUT2D eigenvalue weighted by Crippen LogP contribution is -2.20. The van der Waals surface area contributed by atoms with Crippen LogP contribution in [0, 0.1) is 0 Å². The van der Waals surface area contributed by atoms with E-state index in [2.05, 4.69) is 12.6 Å². The molecule has 0 aromatic heterocycles. The van der Waals surface area contributed by atoms with Gasteiger partial charge in [-0.3, -0.25) is 0 Å². The Hall–Kier alpha value is -0.560. The van der Waals surface area contributed by atoms with E-state index >= 15 is 0 Å². The number of thiol groups is 1. The lowest BCUT2D eigenvalue weighted by atomic mass is 10.0. The van der Waals surface area contributed by atoms with Gasteiger partial charge in [-0.15, -0.1) is 0 Å². The van der Waals surface area contributed by atoms with Crippen molar-refractivity contribution in [2.45, 2.75) is 23.5 Å². The number of hydrogen-bond donors (Lipinski definition) is 3. The van der Waals surface area contributed by atoms with Gasteiger partial charge in [0.25, 0.3) is 0 Å². The standard InChI is InChI=1S/C11H16O4S2/c1-17(14,15)10-5-3-2-4-8(10)11(13)9(12)6-7-16/h2-5,9,11-13,16H,6-7H2,1H3. The van der Waals surface area contributed by atoms with Crippen LogP contribution in [0.15, 0.2) is 29.2 Å². The molecule has 0 saturated carbocycles. The minimum Gasteiger partial charge on any atom is -0.390 e. The highest BCUT2D eigenvalue weighted by Crippen LogP contribution is 2.26. The van der Waals surface area contributed by atoms with Gasteiger partial charge in [0.2, 0.25) is 0 Å². The summed E-state index contributed by atoms with van der Waals surface area (Å²) in [6.07, 6.45) is -0.866. The van der Waals surface area contributed by atoms with Crippen LogP contribution in [0.4, 0.5) is 0 Å². The van der Waals surface area contributed by atoms with E-state index in [0.717, 1.165) is 6.26 Å². The van der Waals surface area contributed by atoms with Crippen LogP contribution in [0.25, 0.3) is 0 Å². The molecule has 0 aliphatic rings. The molecule has 0 aliphatic carbocycles. The van der Waals surface area contributed by atoms with Gasteiger partial charge in [0.15, 0.2) is 9.84 Å². The van der Waals surface area contributed by atoms with E-state index in [1.807, 2.05) is 0 Å². The molecule has 96 valence electrons. The molecule has 0 fully saturated rings. The third kappa shape index (κ3) is 3.70. The molecule has 2 atom stereocenters. The van der Waals surface area contributed by atoms with Crippen molar-refractivity contribution in [2.75, 3.05) is 12.0 Å². The lowest BCUT2D eigenvalue weighted by molar-refractivity contribution is 0.0156. The molecule has 4 nitrogen and oxygen atoms in total. The van der Waals surface area contributed by atoms with Crippen molar-refractivity contribution in [1.82, 2.24) is 0 Å². The number of benzene rings is 1. The number of sulfone groups is 1. The quantitative estimate of drug-likeness (QED) is 0.696. The van der Waals surface area contributed by atoms with Crippen LogP contribution in [0.1, 0.15) is 18.1 Å². The Balaban J connectivity index is 3.14. The molecular formula is C11H16O4S2. The summed E-state index contributed by atoms with van der Waals surface area (Å²) in [6, 6.07) is 6.13. The maximum absolute atomic E-state index is 11.5. The van der Waals surface area contributed by atoms with Gasteiger partial charge < -0.3 is 10.2 Å². The second-order valence-electron chi connectivity index (χ2n) is 3.83. The summed E-state index contributed by atoms with van der Waals surface area (Å²) in [4.78, 5) is 0.0470. The Labute approximate surface area is 107 Å². The zero-order valence-electron chi connectivity index (χ0n) is 9.44. The molecule has 0 heterocycles. The van der Waals surface area contributed by atoms with Crippen LogP contribution in [-0.4, -0.2) is 36.7 Å². The largest absolute Gasteiger partial charge is 0.390 e. The molecule has 1 rings (SSSR count). The van der Waals surface area contributed by atoms with Gasteiger partial charge in [-0.05, 0) is 18.2 Å². The van der Waals surface area contributed by atoms with Gasteiger partial charge in [-0.1, -0.05) is 18.2 Å². The first-order valence-electron chi connectivity index (χ1n) is 5.14. The fourth-order valence-electron chi connectivity index (χ4n) is 1.56. The first kappa shape index (κ1) is 14.5. The van der Waals surface area contributed by atoms with Crippen molar-refractivity contribution >= 4 is 22.5 Å². The molecular weight excluding hydrogens is 260 g/mol. The lowest BCUT2D eigenvalue weighted by Gasteiger charge is -2.19. The molecule has 0 amide bonds. The SMILES string of the molecule is CS(=O)(=O)c1ccccc1C(O)C(O)CCS. The molecule has 17 heavy (non-hydrogen) atoms. The summed E-state index contributed by atoms with van der Waals surface area (Å²) in [6.45, 7) is 0. The van der Waals surface area contributed by atoms with E-state index in [9.17, 15) is 18.6 Å². The summed E-state index contributed by atoms with van der Waals surface area (Å²) < 4.78 is 23.1. The Kier molecular flexibility index (Phi) is 5.00. The van der Waals surface area contributed by atoms with Crippen LogP contribution in [0.2, 0.25) is 0 Å². The van der Waals surface area contributed by atoms with Crippen molar-refractivity contribution in [3.8, 4) is 0 Å². The Morgan fingerprint density at radius 3 is 2.41 bits per heavy atom. The molecule has 0 bridgehead atoms. The Morgan fingerprint density at radius 2 is 1.88 bits per heavy atom. The predicted octanol–water partition coefficient (Wildman–Crippen LogP) is 0.804. The number of aliphatic hydroxyl groups is 2. The van der Waals surface area contributed by atoms with E-state index in [4.69, 9.17) is 0 Å². The highest BCUT2D eigenvalue weighted by molar-refractivity contribution is 7.90. The third-order valence-corrected chi connectivity index (χ3v) is 3.86. The Bertz CT molecular complexity index is 470. The highest BCUT2D eigenvalue weighted by Gasteiger charge is 2.23. The minimum atomic E-state index is -3.42. The van der Waals surface area contributed by atoms with Crippen LogP contribution in [-0.2, 0) is 9.84 Å². The summed E-state index contributed by atoms with van der Waals surface area (Å²) in [5.74, 6) is 0.416. The van der Waals surface area contributed by atoms with Crippen molar-refractivity contribution in [2.24, 2.45) is 0 Å². The van der Waals surface area contributed by atoms with Crippen molar-refractivity contribution < 1.29 is 18.6 Å². The second-order valence-corrected chi connectivity index (χ2v) is 6.27. The van der Waals surface area contributed by atoms with Gasteiger partial charge in [0.05, 0.1) is 11.0 Å². The number of rotatable bonds is 5. The van der Waals surface area contributed by atoms with Gasteiger partial charge in [-0.2, -0.15) is 12.6 Å². The zero-order valence-corrected chi connectivity index (χ0v) is 11.2. The number of hydrogen-bond acceptors (Lipinski definition) is 5. The van der Waals surface area contributed by atoms with Crippen LogP contribution < -0.4 is 0 Å². The van der Waals surface area contributed by atoms with Gasteiger partial charge >= 0.3 is 0 Å². The second kappa shape index (κ2) is 5.86. The van der Waals surface area contributed by atoms with Crippen molar-refractivity contribution in [3.63, 3.8) is 0 Å². The summed E-state index contributed by atoms with van der Waals surface area (Å²) in [5, 5.41) is 19.6. The fraction of sp³-hybridized carbons (Fsp3) is 0.455. The van der Waals surface area contributed by atoms with Crippen LogP contribution in [0.5, 0.6) is 0 Å². The van der Waals surface area contributed by atoms with Gasteiger partial charge in [-0.25, -0.2) is 8.42 Å². The molecule has 0 spiro atoms. The molecule has 0 radical (unpaired) electrons. The van der Waals surface area contributed by atoms with E-state index in [1.165, 1.54) is 12.1 Å². The summed E-state index contributed by atoms with van der Waals surface area (Å²) in [7, 11) is -3.42. The average Bonchev–Trinajstić information content (AvgIpc) is 2.27. The molecule has 1 aromatic rings. The fourth-order valence-corrected chi connectivity index (χ4v) is 2.77. The maximum atomic E-state index is 11.5. The normalized spacial score (nSPS) is 15.5. The molecule has 0 saturated heterocycles. The summed E-state index contributed by atoms with van der Waals surface area (Å²) in [5.41, 5.74) is 0.226. The van der Waals surface area contributed by atoms with Gasteiger partial charge in [0.1, 0.15) is 6.10 Å². The van der Waals surface area contributed by atoms with Crippen LogP contribution in [0.3, 0.4) is 0 Å². The van der Waals surface area contributed by atoms with Gasteiger partial charge in [0, 0.05) is 11.8 Å². The molecule has 1 aromatic carbocycles. The highest BCUT2D eigenvalue weighted by atomic mass is 32.2. The predicted molar refractivity (Wildman–Crippen MR) is 69.0 cm³/mol. The monoisotopic (exact) mass is 276 g/mol. The average molecular weight is 276 g/mol. The van der Waals surface area contributed by atoms with Crippen molar-refractivity contribution in [1.29, 1.82) is 0 Å². The zero-order chi connectivity index (χ0) is 13.1.